The highest BCUT2D eigenvalue weighted by Crippen LogP contribution is 2.57. The molecule has 1 saturated carbocycles. The second-order valence-corrected chi connectivity index (χ2v) is 9.47. The van der Waals surface area contributed by atoms with Crippen LogP contribution in [-0.2, 0) is 23.7 Å². The first kappa shape index (κ1) is 22.7. The Labute approximate surface area is 170 Å². The quantitative estimate of drug-likeness (QED) is 0.692. The Balaban J connectivity index is 1.96. The molecule has 168 valence electrons. The van der Waals surface area contributed by atoms with E-state index in [4.69, 9.17) is 23.7 Å². The van der Waals surface area contributed by atoms with Crippen LogP contribution in [0.15, 0.2) is 0 Å². The SMILES string of the molecule is CO[C@@]1(C)O[C@@H]2[C@@H](CC(F)F)C3(CC3)N(C(=O)OC(C)(C)C)C[C@H]2O[C@]1(C)OC. The van der Waals surface area contributed by atoms with Gasteiger partial charge in [0.15, 0.2) is 0 Å². The van der Waals surface area contributed by atoms with Crippen molar-refractivity contribution in [1.29, 1.82) is 0 Å². The Morgan fingerprint density at radius 2 is 1.69 bits per heavy atom. The number of piperidine rings is 1. The molecule has 0 aromatic heterocycles. The summed E-state index contributed by atoms with van der Waals surface area (Å²) < 4.78 is 56.3. The summed E-state index contributed by atoms with van der Waals surface area (Å²) >= 11 is 0. The molecule has 0 N–H and O–H groups in total. The molecule has 1 amide bonds. The topological polar surface area (TPSA) is 66.5 Å². The minimum atomic E-state index is -2.54. The summed E-state index contributed by atoms with van der Waals surface area (Å²) in [4.78, 5) is 14.5. The number of hydrogen-bond acceptors (Lipinski definition) is 6. The number of amides is 1. The van der Waals surface area contributed by atoms with Crippen molar-refractivity contribution in [2.24, 2.45) is 5.92 Å². The number of carbonyl (C=O) groups is 1. The molecule has 2 aliphatic heterocycles. The van der Waals surface area contributed by atoms with Gasteiger partial charge in [-0.3, -0.25) is 4.90 Å². The number of rotatable bonds is 4. The average Bonchev–Trinajstić information content (AvgIpc) is 3.38. The molecular weight excluding hydrogens is 388 g/mol. The van der Waals surface area contributed by atoms with E-state index in [0.717, 1.165) is 0 Å². The van der Waals surface area contributed by atoms with Crippen molar-refractivity contribution in [3.8, 4) is 0 Å². The van der Waals surface area contributed by atoms with Crippen LogP contribution >= 0.6 is 0 Å². The van der Waals surface area contributed by atoms with Gasteiger partial charge in [-0.15, -0.1) is 0 Å². The summed E-state index contributed by atoms with van der Waals surface area (Å²) in [5.41, 5.74) is -1.40. The summed E-state index contributed by atoms with van der Waals surface area (Å²) in [6.45, 7) is 8.86. The van der Waals surface area contributed by atoms with E-state index >= 15 is 0 Å². The third kappa shape index (κ3) is 3.86. The summed E-state index contributed by atoms with van der Waals surface area (Å²) in [6.07, 6.45) is -3.50. The van der Waals surface area contributed by atoms with Gasteiger partial charge in [0.1, 0.15) is 11.7 Å². The lowest BCUT2D eigenvalue weighted by Gasteiger charge is -2.58. The highest BCUT2D eigenvalue weighted by molar-refractivity contribution is 5.70. The van der Waals surface area contributed by atoms with Crippen LogP contribution in [0.3, 0.4) is 0 Å². The van der Waals surface area contributed by atoms with Gasteiger partial charge < -0.3 is 23.7 Å². The van der Waals surface area contributed by atoms with Crippen LogP contribution in [0.2, 0.25) is 0 Å². The molecule has 0 unspecified atom stereocenters. The third-order valence-electron chi connectivity index (χ3n) is 6.50. The van der Waals surface area contributed by atoms with Crippen LogP contribution in [0.4, 0.5) is 13.6 Å². The second-order valence-electron chi connectivity index (χ2n) is 9.47. The van der Waals surface area contributed by atoms with Crippen molar-refractivity contribution in [2.75, 3.05) is 20.8 Å². The Morgan fingerprint density at radius 3 is 2.14 bits per heavy atom. The zero-order valence-corrected chi connectivity index (χ0v) is 18.3. The van der Waals surface area contributed by atoms with E-state index in [1.54, 1.807) is 39.5 Å². The molecule has 3 aliphatic rings. The summed E-state index contributed by atoms with van der Waals surface area (Å²) in [5.74, 6) is -3.16. The fourth-order valence-corrected chi connectivity index (χ4v) is 4.61. The zero-order valence-electron chi connectivity index (χ0n) is 18.3. The first-order chi connectivity index (χ1) is 13.3. The molecule has 2 heterocycles. The van der Waals surface area contributed by atoms with Gasteiger partial charge in [-0.2, -0.15) is 0 Å². The maximum atomic E-state index is 13.6. The lowest BCUT2D eigenvalue weighted by atomic mass is 9.79. The van der Waals surface area contributed by atoms with Gasteiger partial charge in [0.05, 0.1) is 18.2 Å². The lowest BCUT2D eigenvalue weighted by molar-refractivity contribution is -0.459. The van der Waals surface area contributed by atoms with Gasteiger partial charge in [0.25, 0.3) is 0 Å². The minimum Gasteiger partial charge on any atom is -0.444 e. The fourth-order valence-electron chi connectivity index (χ4n) is 4.61. The normalized spacial score (nSPS) is 38.8. The molecule has 0 bridgehead atoms. The molecule has 3 rings (SSSR count). The molecule has 7 nitrogen and oxygen atoms in total. The molecule has 3 fully saturated rings. The van der Waals surface area contributed by atoms with Gasteiger partial charge in [-0.25, -0.2) is 13.6 Å². The van der Waals surface area contributed by atoms with Gasteiger partial charge >= 0.3 is 6.09 Å². The maximum absolute atomic E-state index is 13.6. The van der Waals surface area contributed by atoms with E-state index < -0.39 is 59.8 Å². The van der Waals surface area contributed by atoms with Gasteiger partial charge in [-0.1, -0.05) is 0 Å². The standard InChI is InChI=1S/C20H33F2NO6/c1-17(2,3)29-16(24)23-11-13-15(12(10-14(21)22)20(23)8-9-20)28-19(5,26-7)18(4,25-6)27-13/h12-15H,8-11H2,1-7H3/t12-,13-,15-,18+,19+/m1/s1. The average molecular weight is 421 g/mol. The van der Waals surface area contributed by atoms with Crippen LogP contribution in [0.25, 0.3) is 0 Å². The number of likely N-dealkylation sites (tertiary alicyclic amines) is 1. The molecule has 9 heteroatoms. The van der Waals surface area contributed by atoms with Gasteiger partial charge in [0.2, 0.25) is 18.0 Å². The maximum Gasteiger partial charge on any atom is 0.410 e. The van der Waals surface area contributed by atoms with Gasteiger partial charge in [-0.05, 0) is 47.5 Å². The highest BCUT2D eigenvalue weighted by Gasteiger charge is 2.68. The van der Waals surface area contributed by atoms with Crippen LogP contribution in [0.5, 0.6) is 0 Å². The Kier molecular flexibility index (Phi) is 5.69. The number of methoxy groups -OCH3 is 2. The largest absolute Gasteiger partial charge is 0.444 e. The number of fused-ring (bicyclic) bond motifs is 1. The molecular formula is C20H33F2NO6. The van der Waals surface area contributed by atoms with E-state index in [0.29, 0.717) is 12.8 Å². The molecule has 1 aliphatic carbocycles. The Bertz CT molecular complexity index is 637. The molecule has 2 saturated heterocycles. The number of hydrogen-bond donors (Lipinski definition) is 0. The molecule has 0 aromatic rings. The van der Waals surface area contributed by atoms with Crippen molar-refractivity contribution in [3.05, 3.63) is 0 Å². The first-order valence-electron chi connectivity index (χ1n) is 10.1. The Morgan fingerprint density at radius 1 is 1.14 bits per heavy atom. The van der Waals surface area contributed by atoms with Crippen molar-refractivity contribution < 1.29 is 37.3 Å². The number of carbonyl (C=O) groups excluding carboxylic acids is 1. The molecule has 0 aromatic carbocycles. The van der Waals surface area contributed by atoms with E-state index in [1.807, 2.05) is 0 Å². The van der Waals surface area contributed by atoms with Crippen molar-refractivity contribution >= 4 is 6.09 Å². The van der Waals surface area contributed by atoms with E-state index in [2.05, 4.69) is 0 Å². The van der Waals surface area contributed by atoms with Crippen LogP contribution in [0.1, 0.15) is 53.9 Å². The molecule has 0 radical (unpaired) electrons. The Hall–Kier alpha value is -1.03. The van der Waals surface area contributed by atoms with Crippen LogP contribution < -0.4 is 0 Å². The third-order valence-corrected chi connectivity index (χ3v) is 6.50. The van der Waals surface area contributed by atoms with Gasteiger partial charge in [0, 0.05) is 26.6 Å². The van der Waals surface area contributed by atoms with Crippen LogP contribution in [-0.4, -0.2) is 73.1 Å². The van der Waals surface area contributed by atoms with E-state index in [9.17, 15) is 13.6 Å². The van der Waals surface area contributed by atoms with Crippen molar-refractivity contribution in [3.63, 3.8) is 0 Å². The van der Waals surface area contributed by atoms with Crippen molar-refractivity contribution in [2.45, 2.75) is 95.2 Å². The smallest absolute Gasteiger partial charge is 0.410 e. The molecule has 1 spiro atoms. The predicted molar refractivity (Wildman–Crippen MR) is 99.6 cm³/mol. The second kappa shape index (κ2) is 7.28. The molecule has 29 heavy (non-hydrogen) atoms. The minimum absolute atomic E-state index is 0.179. The number of nitrogens with zero attached hydrogens (tertiary/aromatic N) is 1. The lowest BCUT2D eigenvalue weighted by Crippen LogP contribution is -2.73. The first-order valence-corrected chi connectivity index (χ1v) is 10.1. The van der Waals surface area contributed by atoms with E-state index in [1.165, 1.54) is 14.2 Å². The zero-order chi connectivity index (χ0) is 21.8. The monoisotopic (exact) mass is 421 g/mol. The summed E-state index contributed by atoms with van der Waals surface area (Å²) in [6, 6.07) is 0. The fraction of sp³-hybridized carbons (Fsp3) is 0.950. The summed E-state index contributed by atoms with van der Waals surface area (Å²) in [5, 5.41) is 0. The van der Waals surface area contributed by atoms with E-state index in [-0.39, 0.29) is 6.54 Å². The van der Waals surface area contributed by atoms with Crippen molar-refractivity contribution in [1.82, 2.24) is 4.90 Å². The number of ether oxygens (including phenoxy) is 5. The number of halogens is 2. The van der Waals surface area contributed by atoms with Crippen LogP contribution in [0, 0.1) is 5.92 Å². The molecule has 5 atom stereocenters. The number of alkyl halides is 2. The highest BCUT2D eigenvalue weighted by atomic mass is 19.3. The predicted octanol–water partition coefficient (Wildman–Crippen LogP) is 3.55. The summed E-state index contributed by atoms with van der Waals surface area (Å²) in [7, 11) is 2.93.